The second-order valence-corrected chi connectivity index (χ2v) is 6.54. The highest BCUT2D eigenvalue weighted by Gasteiger charge is 2.18. The lowest BCUT2D eigenvalue weighted by Crippen LogP contribution is -2.14. The summed E-state index contributed by atoms with van der Waals surface area (Å²) in [6.45, 7) is 1.92. The number of carbonyl (C=O) groups is 1. The molecule has 0 bridgehead atoms. The number of amides is 1. The van der Waals surface area contributed by atoms with Crippen LogP contribution < -0.4 is 11.1 Å². The number of para-hydroxylation sites is 1. The van der Waals surface area contributed by atoms with Gasteiger partial charge >= 0.3 is 5.76 Å². The Kier molecular flexibility index (Phi) is 4.48. The number of oxazole rings is 1. The van der Waals surface area contributed by atoms with E-state index < -0.39 is 11.7 Å². The number of rotatable bonds is 4. The lowest BCUT2D eigenvalue weighted by atomic mass is 10.3. The monoisotopic (exact) mass is 397 g/mol. The van der Waals surface area contributed by atoms with Crippen molar-refractivity contribution < 1.29 is 9.21 Å². The van der Waals surface area contributed by atoms with Gasteiger partial charge in [-0.2, -0.15) is 0 Å². The van der Waals surface area contributed by atoms with Gasteiger partial charge in [0.15, 0.2) is 5.58 Å². The van der Waals surface area contributed by atoms with Gasteiger partial charge in [0, 0.05) is 25.2 Å². The quantitative estimate of drug-likeness (QED) is 0.570. The highest BCUT2D eigenvalue weighted by atomic mass is 35.5. The molecular weight excluding hydrogens is 382 g/mol. The second kappa shape index (κ2) is 6.97. The van der Waals surface area contributed by atoms with E-state index in [1.165, 1.54) is 4.57 Å². The Balaban J connectivity index is 1.65. The molecule has 142 valence electrons. The molecule has 0 aliphatic heterocycles. The number of fused-ring (bicyclic) bond motifs is 1. The van der Waals surface area contributed by atoms with Crippen LogP contribution in [-0.2, 0) is 13.5 Å². The van der Waals surface area contributed by atoms with E-state index in [9.17, 15) is 9.59 Å². The standard InChI is InChI=1S/C19H16ClN5O3/c1-3-16-22-17(23-25(16)13-7-5-4-6-12(13)20)18(26)21-11-8-9-14-15(10-11)28-19(27)24(14)2/h4-10H,3H2,1-2H3,(H,21,26). The van der Waals surface area contributed by atoms with Crippen molar-refractivity contribution in [2.45, 2.75) is 13.3 Å². The summed E-state index contributed by atoms with van der Waals surface area (Å²) < 4.78 is 8.10. The number of aryl methyl sites for hydroxylation is 2. The van der Waals surface area contributed by atoms with Gasteiger partial charge in [-0.05, 0) is 24.3 Å². The minimum absolute atomic E-state index is 0.0198. The minimum atomic E-state index is -0.474. The number of nitrogens with one attached hydrogen (secondary N) is 1. The predicted octanol–water partition coefficient (Wildman–Crippen LogP) is 3.18. The zero-order chi connectivity index (χ0) is 19.8. The third kappa shape index (κ3) is 3.07. The fraction of sp³-hybridized carbons (Fsp3) is 0.158. The lowest BCUT2D eigenvalue weighted by Gasteiger charge is -2.05. The van der Waals surface area contributed by atoms with Gasteiger partial charge in [-0.15, -0.1) is 5.10 Å². The SMILES string of the molecule is CCc1nc(C(=O)Nc2ccc3c(c2)oc(=O)n3C)nn1-c1ccccc1Cl. The highest BCUT2D eigenvalue weighted by Crippen LogP contribution is 2.21. The van der Waals surface area contributed by atoms with Crippen LogP contribution in [-0.4, -0.2) is 25.2 Å². The highest BCUT2D eigenvalue weighted by molar-refractivity contribution is 6.32. The Morgan fingerprint density at radius 3 is 2.79 bits per heavy atom. The minimum Gasteiger partial charge on any atom is -0.408 e. The van der Waals surface area contributed by atoms with Crippen molar-refractivity contribution in [3.05, 3.63) is 69.7 Å². The maximum atomic E-state index is 12.6. The predicted molar refractivity (Wildman–Crippen MR) is 105 cm³/mol. The number of hydrogen-bond acceptors (Lipinski definition) is 5. The number of hydrogen-bond donors (Lipinski definition) is 1. The molecule has 28 heavy (non-hydrogen) atoms. The first kappa shape index (κ1) is 18.0. The van der Waals surface area contributed by atoms with Crippen LogP contribution in [0.15, 0.2) is 51.7 Å². The summed E-state index contributed by atoms with van der Waals surface area (Å²) in [5, 5.41) is 7.56. The number of nitrogens with zero attached hydrogens (tertiary/aromatic N) is 4. The molecule has 2 aromatic heterocycles. The normalized spacial score (nSPS) is 11.1. The molecule has 4 rings (SSSR count). The van der Waals surface area contributed by atoms with Crippen LogP contribution in [0.1, 0.15) is 23.4 Å². The average Bonchev–Trinajstić information content (AvgIpc) is 3.23. The van der Waals surface area contributed by atoms with Crippen LogP contribution in [0.2, 0.25) is 5.02 Å². The van der Waals surface area contributed by atoms with Crippen LogP contribution >= 0.6 is 11.6 Å². The first-order chi connectivity index (χ1) is 13.5. The molecule has 0 fully saturated rings. The molecule has 1 amide bonds. The number of halogens is 1. The van der Waals surface area contributed by atoms with E-state index >= 15 is 0 Å². The first-order valence-corrected chi connectivity index (χ1v) is 8.97. The van der Waals surface area contributed by atoms with Crippen LogP contribution in [0, 0.1) is 0 Å². The van der Waals surface area contributed by atoms with Gasteiger partial charge in [-0.25, -0.2) is 14.5 Å². The van der Waals surface area contributed by atoms with Gasteiger partial charge in [0.05, 0.1) is 16.2 Å². The van der Waals surface area contributed by atoms with E-state index in [-0.39, 0.29) is 5.82 Å². The largest absolute Gasteiger partial charge is 0.419 e. The molecule has 2 heterocycles. The summed E-state index contributed by atoms with van der Waals surface area (Å²) in [4.78, 5) is 28.6. The first-order valence-electron chi connectivity index (χ1n) is 8.59. The molecule has 2 aromatic carbocycles. The van der Waals surface area contributed by atoms with Gasteiger partial charge in [-0.1, -0.05) is 30.7 Å². The summed E-state index contributed by atoms with van der Waals surface area (Å²) in [6, 6.07) is 12.2. The molecular formula is C19H16ClN5O3. The van der Waals surface area contributed by atoms with E-state index in [4.69, 9.17) is 16.0 Å². The fourth-order valence-electron chi connectivity index (χ4n) is 2.88. The third-order valence-corrected chi connectivity index (χ3v) is 4.64. The molecule has 0 spiro atoms. The smallest absolute Gasteiger partial charge is 0.408 e. The van der Waals surface area contributed by atoms with Gasteiger partial charge in [-0.3, -0.25) is 9.36 Å². The molecule has 0 unspecified atom stereocenters. The maximum absolute atomic E-state index is 12.6. The van der Waals surface area contributed by atoms with Gasteiger partial charge in [0.2, 0.25) is 5.82 Å². The van der Waals surface area contributed by atoms with Crippen molar-refractivity contribution in [1.82, 2.24) is 19.3 Å². The summed E-state index contributed by atoms with van der Waals surface area (Å²) in [7, 11) is 1.62. The van der Waals surface area contributed by atoms with E-state index in [2.05, 4.69) is 15.4 Å². The second-order valence-electron chi connectivity index (χ2n) is 6.13. The average molecular weight is 398 g/mol. The Hall–Kier alpha value is -3.39. The van der Waals surface area contributed by atoms with Crippen LogP contribution in [0.5, 0.6) is 0 Å². The topological polar surface area (TPSA) is 94.9 Å². The third-order valence-electron chi connectivity index (χ3n) is 4.32. The molecule has 0 aliphatic rings. The molecule has 1 N–H and O–H groups in total. The molecule has 4 aromatic rings. The Morgan fingerprint density at radius 1 is 1.25 bits per heavy atom. The van der Waals surface area contributed by atoms with Crippen molar-refractivity contribution in [3.63, 3.8) is 0 Å². The van der Waals surface area contributed by atoms with Crippen molar-refractivity contribution in [1.29, 1.82) is 0 Å². The number of anilines is 1. The molecule has 0 saturated carbocycles. The van der Waals surface area contributed by atoms with Crippen molar-refractivity contribution in [3.8, 4) is 5.69 Å². The van der Waals surface area contributed by atoms with E-state index in [0.717, 1.165) is 0 Å². The van der Waals surface area contributed by atoms with Gasteiger partial charge in [0.1, 0.15) is 5.82 Å². The van der Waals surface area contributed by atoms with Crippen molar-refractivity contribution >= 4 is 34.3 Å². The van der Waals surface area contributed by atoms with Gasteiger partial charge < -0.3 is 9.73 Å². The van der Waals surface area contributed by atoms with Gasteiger partial charge in [0.25, 0.3) is 5.91 Å². The molecule has 0 aliphatic carbocycles. The Labute approximate surface area is 164 Å². The molecule has 0 saturated heterocycles. The number of carbonyl (C=O) groups excluding carboxylic acids is 1. The van der Waals surface area contributed by atoms with Crippen molar-refractivity contribution in [2.24, 2.45) is 7.05 Å². The Bertz CT molecular complexity index is 1250. The number of benzene rings is 2. The van der Waals surface area contributed by atoms with Crippen molar-refractivity contribution in [2.75, 3.05) is 5.32 Å². The maximum Gasteiger partial charge on any atom is 0.419 e. The van der Waals surface area contributed by atoms with Crippen LogP contribution in [0.25, 0.3) is 16.8 Å². The Morgan fingerprint density at radius 2 is 2.04 bits per heavy atom. The van der Waals surface area contributed by atoms with Crippen LogP contribution in [0.4, 0.5) is 5.69 Å². The summed E-state index contributed by atoms with van der Waals surface area (Å²) in [6.07, 6.45) is 0.576. The molecule has 0 radical (unpaired) electrons. The lowest BCUT2D eigenvalue weighted by molar-refractivity contribution is 0.101. The van der Waals surface area contributed by atoms with E-state index in [1.54, 1.807) is 36.0 Å². The molecule has 8 nitrogen and oxygen atoms in total. The summed E-state index contributed by atoms with van der Waals surface area (Å²) >= 11 is 6.25. The summed E-state index contributed by atoms with van der Waals surface area (Å²) in [5.41, 5.74) is 2.14. The molecule has 9 heteroatoms. The van der Waals surface area contributed by atoms with E-state index in [1.807, 2.05) is 25.1 Å². The zero-order valence-corrected chi connectivity index (χ0v) is 15.9. The van der Waals surface area contributed by atoms with Crippen LogP contribution in [0.3, 0.4) is 0 Å². The number of aromatic nitrogens is 4. The summed E-state index contributed by atoms with van der Waals surface area (Å²) in [5.74, 6) is -0.307. The zero-order valence-electron chi connectivity index (χ0n) is 15.1. The fourth-order valence-corrected chi connectivity index (χ4v) is 3.10. The van der Waals surface area contributed by atoms with E-state index in [0.29, 0.717) is 39.7 Å². The molecule has 0 atom stereocenters.